The topological polar surface area (TPSA) is 16.4 Å². The van der Waals surface area contributed by atoms with Gasteiger partial charge in [0.1, 0.15) is 11.2 Å². The van der Waals surface area contributed by atoms with E-state index in [2.05, 4.69) is 254 Å². The zero-order valence-corrected chi connectivity index (χ0v) is 38.9. The second-order valence-corrected chi connectivity index (χ2v) is 19.4. The Morgan fingerprint density at radius 2 is 0.914 bits per heavy atom. The van der Waals surface area contributed by atoms with Crippen LogP contribution in [0.5, 0.6) is 0 Å². The minimum atomic E-state index is -0.524. The smallest absolute Gasteiger partial charge is 0.143 e. The first-order valence-electron chi connectivity index (χ1n) is 24.0. The second kappa shape index (κ2) is 16.2. The molecular weight excluding hydrogens is 867 g/mol. The van der Waals surface area contributed by atoms with Gasteiger partial charge < -0.3 is 9.32 Å². The van der Waals surface area contributed by atoms with Crippen molar-refractivity contribution in [1.29, 1.82) is 0 Å². The molecule has 0 bridgehead atoms. The Kier molecular flexibility index (Phi) is 9.33. The fourth-order valence-corrected chi connectivity index (χ4v) is 12.7. The maximum Gasteiger partial charge on any atom is 0.143 e. The number of benzene rings is 11. The van der Waals surface area contributed by atoms with Crippen LogP contribution in [0.15, 0.2) is 265 Å². The predicted molar refractivity (Wildman–Crippen MR) is 295 cm³/mol. The van der Waals surface area contributed by atoms with Gasteiger partial charge in [0, 0.05) is 53.4 Å². The Morgan fingerprint density at radius 3 is 1.70 bits per heavy atom. The Bertz CT molecular complexity index is 4070. The van der Waals surface area contributed by atoms with Gasteiger partial charge in [0.2, 0.25) is 0 Å². The maximum atomic E-state index is 6.49. The minimum Gasteiger partial charge on any atom is -0.455 e. The van der Waals surface area contributed by atoms with Crippen molar-refractivity contribution in [1.82, 2.24) is 0 Å². The van der Waals surface area contributed by atoms with Gasteiger partial charge in [-0.15, -0.1) is 11.3 Å². The van der Waals surface area contributed by atoms with E-state index >= 15 is 0 Å². The molecule has 70 heavy (non-hydrogen) atoms. The van der Waals surface area contributed by atoms with Crippen LogP contribution in [0.2, 0.25) is 0 Å². The average molecular weight is 910 g/mol. The van der Waals surface area contributed by atoms with Crippen molar-refractivity contribution in [2.45, 2.75) is 5.41 Å². The lowest BCUT2D eigenvalue weighted by Crippen LogP contribution is -2.28. The fraction of sp³-hybridized carbons (Fsp3) is 0.0149. The zero-order valence-electron chi connectivity index (χ0n) is 38.1. The van der Waals surface area contributed by atoms with Crippen LogP contribution in [-0.2, 0) is 5.41 Å². The summed E-state index contributed by atoms with van der Waals surface area (Å²) in [7, 11) is 0. The van der Waals surface area contributed by atoms with Crippen molar-refractivity contribution in [3.8, 4) is 44.5 Å². The summed E-state index contributed by atoms with van der Waals surface area (Å²) in [5.41, 5.74) is 19.1. The first kappa shape index (κ1) is 40.3. The van der Waals surface area contributed by atoms with Crippen LogP contribution < -0.4 is 4.90 Å². The van der Waals surface area contributed by atoms with Crippen LogP contribution in [-0.4, -0.2) is 0 Å². The molecule has 1 aliphatic rings. The molecule has 0 spiro atoms. The van der Waals surface area contributed by atoms with E-state index < -0.39 is 5.41 Å². The van der Waals surface area contributed by atoms with Crippen LogP contribution in [0.3, 0.4) is 0 Å². The molecule has 11 aromatic carbocycles. The fourth-order valence-electron chi connectivity index (χ4n) is 11.5. The molecule has 0 amide bonds. The monoisotopic (exact) mass is 909 g/mol. The number of furan rings is 1. The van der Waals surface area contributed by atoms with Gasteiger partial charge in [-0.05, 0) is 110 Å². The summed E-state index contributed by atoms with van der Waals surface area (Å²) in [6.07, 6.45) is 0. The number of anilines is 3. The Hall–Kier alpha value is -8.76. The molecule has 0 saturated carbocycles. The molecule has 0 fully saturated rings. The van der Waals surface area contributed by atoms with Gasteiger partial charge in [-0.2, -0.15) is 0 Å². The third-order valence-electron chi connectivity index (χ3n) is 14.6. The summed E-state index contributed by atoms with van der Waals surface area (Å²) in [5, 5.41) is 4.89. The molecular formula is C67H43NOS. The third kappa shape index (κ3) is 6.19. The molecule has 14 rings (SSSR count). The molecule has 13 aromatic rings. The van der Waals surface area contributed by atoms with Crippen LogP contribution in [0.25, 0.3) is 86.6 Å². The van der Waals surface area contributed by atoms with Crippen molar-refractivity contribution in [2.24, 2.45) is 0 Å². The number of hydrogen-bond acceptors (Lipinski definition) is 3. The number of hydrogen-bond donors (Lipinski definition) is 0. The number of thiophene rings is 1. The lowest BCUT2D eigenvalue weighted by Gasteiger charge is -2.34. The lowest BCUT2D eigenvalue weighted by molar-refractivity contribution is 0.670. The van der Waals surface area contributed by atoms with E-state index in [0.717, 1.165) is 61.3 Å². The van der Waals surface area contributed by atoms with Crippen molar-refractivity contribution in [3.63, 3.8) is 0 Å². The highest BCUT2D eigenvalue weighted by molar-refractivity contribution is 7.25. The molecule has 0 radical (unpaired) electrons. The van der Waals surface area contributed by atoms with Crippen LogP contribution in [0.1, 0.15) is 22.3 Å². The zero-order chi connectivity index (χ0) is 46.2. The molecule has 0 aliphatic heterocycles. The lowest BCUT2D eigenvalue weighted by atomic mass is 9.68. The van der Waals surface area contributed by atoms with E-state index in [4.69, 9.17) is 4.42 Å². The van der Waals surface area contributed by atoms with E-state index in [1.54, 1.807) is 0 Å². The van der Waals surface area contributed by atoms with Gasteiger partial charge in [0.05, 0.1) is 11.1 Å². The van der Waals surface area contributed by atoms with E-state index in [9.17, 15) is 0 Å². The maximum absolute atomic E-state index is 6.49. The molecule has 0 atom stereocenters. The molecule has 1 aliphatic carbocycles. The van der Waals surface area contributed by atoms with Gasteiger partial charge in [0.15, 0.2) is 0 Å². The van der Waals surface area contributed by atoms with E-state index in [0.29, 0.717) is 0 Å². The van der Waals surface area contributed by atoms with Gasteiger partial charge >= 0.3 is 0 Å². The number of para-hydroxylation sites is 2. The van der Waals surface area contributed by atoms with Gasteiger partial charge in [-0.3, -0.25) is 0 Å². The third-order valence-corrected chi connectivity index (χ3v) is 15.7. The molecule has 2 nitrogen and oxygen atoms in total. The van der Waals surface area contributed by atoms with Crippen LogP contribution in [0.4, 0.5) is 17.1 Å². The summed E-state index contributed by atoms with van der Waals surface area (Å²) in [4.78, 5) is 2.47. The summed E-state index contributed by atoms with van der Waals surface area (Å²) < 4.78 is 9.10. The summed E-state index contributed by atoms with van der Waals surface area (Å²) in [5.74, 6) is 0. The molecule has 0 saturated heterocycles. The van der Waals surface area contributed by atoms with Crippen LogP contribution >= 0.6 is 11.3 Å². The minimum absolute atomic E-state index is 0.524. The van der Waals surface area contributed by atoms with Crippen molar-refractivity contribution in [2.75, 3.05) is 4.90 Å². The highest BCUT2D eigenvalue weighted by atomic mass is 32.1. The number of rotatable bonds is 8. The average Bonchev–Trinajstić information content (AvgIpc) is 4.11. The highest BCUT2D eigenvalue weighted by Gasteiger charge is 2.47. The predicted octanol–water partition coefficient (Wildman–Crippen LogP) is 18.8. The Balaban J connectivity index is 0.937. The Morgan fingerprint density at radius 1 is 0.357 bits per heavy atom. The second-order valence-electron chi connectivity index (χ2n) is 18.3. The van der Waals surface area contributed by atoms with Gasteiger partial charge in [-0.1, -0.05) is 206 Å². The summed E-state index contributed by atoms with van der Waals surface area (Å²) in [6, 6.07) is 95.5. The molecule has 0 N–H and O–H groups in total. The normalized spacial score (nSPS) is 12.7. The van der Waals surface area contributed by atoms with Crippen molar-refractivity contribution < 1.29 is 4.42 Å². The van der Waals surface area contributed by atoms with Crippen molar-refractivity contribution in [3.05, 3.63) is 283 Å². The molecule has 3 heteroatoms. The SMILES string of the molecule is c1ccc(C2(c3ccccc3)c3ccccc3-c3c(N(c4ccc(-c5cccc(-c6cccc7c6oc6ccccc67)c5)cc4)c4ccc(-c5cccc6sc7ccccc7c56)cc4)cccc32)cc1. The molecule has 328 valence electrons. The van der Waals surface area contributed by atoms with Gasteiger partial charge in [0.25, 0.3) is 0 Å². The molecule has 2 aromatic heterocycles. The van der Waals surface area contributed by atoms with Crippen LogP contribution in [0, 0.1) is 0 Å². The summed E-state index contributed by atoms with van der Waals surface area (Å²) >= 11 is 1.86. The summed E-state index contributed by atoms with van der Waals surface area (Å²) in [6.45, 7) is 0. The van der Waals surface area contributed by atoms with E-state index in [1.807, 2.05) is 23.5 Å². The molecule has 2 heterocycles. The number of fused-ring (bicyclic) bond motifs is 9. The standard InChI is InChI=1S/C67H43NOS/c1-3-19-48(20-4-1)67(49-21-5-2-6-22-49)58-29-10-7-24-56(58)65-59(67)30-16-31-60(65)68(51-41-37-45(38-42-51)52-26-15-34-63-64(52)57-25-9-12-33-62(57)70-63)50-39-35-44(36-40-50)46-17-13-18-47(43-46)53-27-14-28-55-54-23-8-11-32-61(54)69-66(53)55/h1-43H. The van der Waals surface area contributed by atoms with Crippen molar-refractivity contribution >= 4 is 70.5 Å². The first-order valence-corrected chi connectivity index (χ1v) is 24.8. The quantitative estimate of drug-likeness (QED) is 0.151. The molecule has 0 unspecified atom stereocenters. The van der Waals surface area contributed by atoms with E-state index in [-0.39, 0.29) is 0 Å². The first-order chi connectivity index (χ1) is 34.7. The van der Waals surface area contributed by atoms with Gasteiger partial charge in [-0.25, -0.2) is 0 Å². The Labute approximate surface area is 410 Å². The highest BCUT2D eigenvalue weighted by Crippen LogP contribution is 2.59. The largest absolute Gasteiger partial charge is 0.455 e. The number of nitrogens with zero attached hydrogens (tertiary/aromatic N) is 1. The van der Waals surface area contributed by atoms with E-state index in [1.165, 1.54) is 64.7 Å².